The van der Waals surface area contributed by atoms with Gasteiger partial charge in [0.1, 0.15) is 11.9 Å². The Bertz CT molecular complexity index is 1720. The minimum absolute atomic E-state index is 0.154. The van der Waals surface area contributed by atoms with Gasteiger partial charge in [-0.2, -0.15) is 5.26 Å². The highest BCUT2D eigenvalue weighted by Crippen LogP contribution is 2.30. The molecule has 1 atom stereocenters. The Morgan fingerprint density at radius 1 is 1.08 bits per heavy atom. The van der Waals surface area contributed by atoms with Crippen molar-refractivity contribution in [2.45, 2.75) is 19.3 Å². The number of imidazole rings is 1. The molecule has 2 heterocycles. The summed E-state index contributed by atoms with van der Waals surface area (Å²) >= 11 is 6.27. The summed E-state index contributed by atoms with van der Waals surface area (Å²) in [5.74, 6) is -0.360. The van der Waals surface area contributed by atoms with E-state index in [0.717, 1.165) is 22.4 Å². The topological polar surface area (TPSA) is 72.8 Å². The number of rotatable bonds is 8. The second kappa shape index (κ2) is 11.5. The third-order valence-corrected chi connectivity index (χ3v) is 6.69. The Hall–Kier alpha value is -4.51. The first-order valence-electron chi connectivity index (χ1n) is 12.2. The largest absolute Gasteiger partial charge is 0.362 e. The molecule has 39 heavy (non-hydrogen) atoms. The van der Waals surface area contributed by atoms with Gasteiger partial charge in [0.25, 0.3) is 5.56 Å². The number of benzene rings is 3. The maximum atomic E-state index is 13.8. The maximum absolute atomic E-state index is 13.8. The summed E-state index contributed by atoms with van der Waals surface area (Å²) in [6.07, 6.45) is 4.71. The fourth-order valence-corrected chi connectivity index (χ4v) is 4.68. The molecular weight excluding hydrogens is 515 g/mol. The zero-order valence-electron chi connectivity index (χ0n) is 21.1. The van der Waals surface area contributed by atoms with Gasteiger partial charge >= 0.3 is 0 Å². The van der Waals surface area contributed by atoms with Crippen molar-refractivity contribution in [3.8, 4) is 17.2 Å². The van der Waals surface area contributed by atoms with Gasteiger partial charge in [-0.3, -0.25) is 4.79 Å². The lowest BCUT2D eigenvalue weighted by Gasteiger charge is -2.21. The molecule has 0 bridgehead atoms. The molecule has 0 saturated heterocycles. The summed E-state index contributed by atoms with van der Waals surface area (Å²) in [4.78, 5) is 17.4. The zero-order chi connectivity index (χ0) is 27.4. The van der Waals surface area contributed by atoms with Crippen LogP contribution < -0.4 is 5.56 Å². The van der Waals surface area contributed by atoms with Crippen LogP contribution in [0.2, 0.25) is 5.02 Å². The van der Waals surface area contributed by atoms with Crippen LogP contribution in [0, 0.1) is 17.1 Å². The molecule has 1 unspecified atom stereocenters. The van der Waals surface area contributed by atoms with Crippen molar-refractivity contribution in [1.82, 2.24) is 14.1 Å². The quantitative estimate of drug-likeness (QED) is 0.233. The number of aromatic nitrogens is 3. The highest BCUT2D eigenvalue weighted by Gasteiger charge is 2.20. The van der Waals surface area contributed by atoms with Crippen molar-refractivity contribution in [2.24, 2.45) is 7.05 Å². The molecule has 194 valence electrons. The number of nitrogens with zero attached hydrogens (tertiary/aromatic N) is 4. The molecule has 0 aliphatic rings. The molecule has 5 rings (SSSR count). The first-order valence-corrected chi connectivity index (χ1v) is 12.6. The van der Waals surface area contributed by atoms with E-state index in [-0.39, 0.29) is 24.5 Å². The van der Waals surface area contributed by atoms with E-state index in [9.17, 15) is 14.4 Å². The highest BCUT2D eigenvalue weighted by molar-refractivity contribution is 6.30. The standard InChI is InChI=1S/C31H24ClFN4O2/c1-36-20-35-16-29(36)31(23-10-8-21(15-34)9-11-23)39-19-25-18-37(17-22-4-2-7-27(33)12-22)30(38)14-28(25)24-5-3-6-26(32)13-24/h2-14,16,18,20,31H,17,19H2,1H3. The zero-order valence-corrected chi connectivity index (χ0v) is 21.8. The van der Waals surface area contributed by atoms with Crippen LogP contribution in [0.4, 0.5) is 4.39 Å². The van der Waals surface area contributed by atoms with Crippen LogP contribution in [0.15, 0.2) is 102 Å². The number of halogens is 2. The molecule has 0 aliphatic carbocycles. The van der Waals surface area contributed by atoms with Gasteiger partial charge in [0, 0.05) is 29.9 Å². The molecule has 3 aromatic carbocycles. The van der Waals surface area contributed by atoms with E-state index in [2.05, 4.69) is 11.1 Å². The van der Waals surface area contributed by atoms with E-state index in [0.29, 0.717) is 21.7 Å². The van der Waals surface area contributed by atoms with Crippen molar-refractivity contribution in [3.05, 3.63) is 147 Å². The summed E-state index contributed by atoms with van der Waals surface area (Å²) in [6, 6.07) is 24.4. The number of aryl methyl sites for hydroxylation is 1. The fourth-order valence-electron chi connectivity index (χ4n) is 4.49. The van der Waals surface area contributed by atoms with Gasteiger partial charge in [0.15, 0.2) is 0 Å². The van der Waals surface area contributed by atoms with Crippen LogP contribution in [0.1, 0.15) is 34.1 Å². The van der Waals surface area contributed by atoms with Crippen molar-refractivity contribution < 1.29 is 9.13 Å². The average Bonchev–Trinajstić information content (AvgIpc) is 3.36. The van der Waals surface area contributed by atoms with Gasteiger partial charge in [-0.05, 0) is 58.7 Å². The van der Waals surface area contributed by atoms with Crippen LogP contribution in [0.5, 0.6) is 0 Å². The van der Waals surface area contributed by atoms with E-state index < -0.39 is 6.10 Å². The predicted molar refractivity (Wildman–Crippen MR) is 148 cm³/mol. The second-order valence-electron chi connectivity index (χ2n) is 9.17. The lowest BCUT2D eigenvalue weighted by Crippen LogP contribution is -2.21. The second-order valence-corrected chi connectivity index (χ2v) is 9.61. The van der Waals surface area contributed by atoms with E-state index >= 15 is 0 Å². The van der Waals surface area contributed by atoms with Gasteiger partial charge in [-0.25, -0.2) is 9.37 Å². The van der Waals surface area contributed by atoms with E-state index in [1.807, 2.05) is 35.9 Å². The predicted octanol–water partition coefficient (Wildman–Crippen LogP) is 6.27. The number of hydrogen-bond donors (Lipinski definition) is 0. The summed E-state index contributed by atoms with van der Waals surface area (Å²) in [5, 5.41) is 9.77. The summed E-state index contributed by atoms with van der Waals surface area (Å²) in [7, 11) is 1.89. The van der Waals surface area contributed by atoms with Gasteiger partial charge in [-0.15, -0.1) is 0 Å². The summed E-state index contributed by atoms with van der Waals surface area (Å²) in [6.45, 7) is 0.362. The molecule has 0 amide bonds. The first kappa shape index (κ1) is 26.1. The van der Waals surface area contributed by atoms with Crippen LogP contribution >= 0.6 is 11.6 Å². The third-order valence-electron chi connectivity index (χ3n) is 6.46. The van der Waals surface area contributed by atoms with Crippen molar-refractivity contribution in [3.63, 3.8) is 0 Å². The molecule has 6 nitrogen and oxygen atoms in total. The van der Waals surface area contributed by atoms with Gasteiger partial charge in [0.2, 0.25) is 0 Å². The van der Waals surface area contributed by atoms with Crippen LogP contribution in [-0.4, -0.2) is 14.1 Å². The molecular formula is C31H24ClFN4O2. The van der Waals surface area contributed by atoms with Gasteiger partial charge in [0.05, 0.1) is 43.0 Å². The highest BCUT2D eigenvalue weighted by atomic mass is 35.5. The Morgan fingerprint density at radius 2 is 1.87 bits per heavy atom. The molecule has 0 N–H and O–H groups in total. The Labute approximate surface area is 230 Å². The molecule has 5 aromatic rings. The normalized spacial score (nSPS) is 11.7. The molecule has 0 radical (unpaired) electrons. The van der Waals surface area contributed by atoms with Crippen LogP contribution in [-0.2, 0) is 24.9 Å². The summed E-state index contributed by atoms with van der Waals surface area (Å²) < 4.78 is 23.8. The minimum atomic E-state index is -0.485. The average molecular weight is 539 g/mol. The smallest absolute Gasteiger partial charge is 0.251 e. The lowest BCUT2D eigenvalue weighted by molar-refractivity contribution is 0.0621. The molecule has 0 fully saturated rings. The number of ether oxygens (including phenoxy) is 1. The Kier molecular flexibility index (Phi) is 7.69. The monoisotopic (exact) mass is 538 g/mol. The van der Waals surface area contributed by atoms with Crippen molar-refractivity contribution >= 4 is 11.6 Å². The van der Waals surface area contributed by atoms with Crippen molar-refractivity contribution in [1.29, 1.82) is 5.26 Å². The Morgan fingerprint density at radius 3 is 2.56 bits per heavy atom. The maximum Gasteiger partial charge on any atom is 0.251 e. The fraction of sp³-hybridized carbons (Fsp3) is 0.129. The van der Waals surface area contributed by atoms with Gasteiger partial charge < -0.3 is 13.9 Å². The SMILES string of the molecule is Cn1cncc1C(OCc1cn(Cc2cccc(F)c2)c(=O)cc1-c1cccc(Cl)c1)c1ccc(C#N)cc1. The molecule has 0 aliphatic heterocycles. The van der Waals surface area contributed by atoms with Crippen LogP contribution in [0.3, 0.4) is 0 Å². The number of hydrogen-bond acceptors (Lipinski definition) is 4. The first-order chi connectivity index (χ1) is 18.9. The number of nitriles is 1. The van der Waals surface area contributed by atoms with E-state index in [1.54, 1.807) is 65.8 Å². The Balaban J connectivity index is 1.55. The molecule has 0 spiro atoms. The van der Waals surface area contributed by atoms with E-state index in [1.165, 1.54) is 12.1 Å². The molecule has 8 heteroatoms. The summed E-state index contributed by atoms with van der Waals surface area (Å²) in [5.41, 5.74) is 4.92. The third kappa shape index (κ3) is 5.99. The lowest BCUT2D eigenvalue weighted by atomic mass is 10.0. The molecule has 2 aromatic heterocycles. The van der Waals surface area contributed by atoms with Crippen molar-refractivity contribution in [2.75, 3.05) is 0 Å². The van der Waals surface area contributed by atoms with E-state index in [4.69, 9.17) is 16.3 Å². The van der Waals surface area contributed by atoms with Crippen LogP contribution in [0.25, 0.3) is 11.1 Å². The number of pyridine rings is 1. The van der Waals surface area contributed by atoms with Gasteiger partial charge in [-0.1, -0.05) is 48.0 Å². The minimum Gasteiger partial charge on any atom is -0.362 e. The molecule has 0 saturated carbocycles.